The summed E-state index contributed by atoms with van der Waals surface area (Å²) >= 11 is 0. The molecule has 1 aromatic heterocycles. The number of aromatic amines is 1. The fraction of sp³-hybridized carbons (Fsp3) is 0.385. The van der Waals surface area contributed by atoms with Gasteiger partial charge in [0.05, 0.1) is 0 Å². The number of aromatic nitrogens is 4. The van der Waals surface area contributed by atoms with Crippen LogP contribution < -0.4 is 5.32 Å². The summed E-state index contributed by atoms with van der Waals surface area (Å²) in [5, 5.41) is 25.7. The molecule has 0 radical (unpaired) electrons. The standard InChI is InChI=1S/C13H17N5O2/c1-9-3-2-4-10(7-9)8-11(13(19)20)14-6-5-12-15-17-18-16-12/h2-4,7,11,14H,5-6,8H2,1H3,(H,19,20)(H,15,16,17,18)/t11-/m0/s1. The highest BCUT2D eigenvalue weighted by Crippen LogP contribution is 2.07. The van der Waals surface area contributed by atoms with Crippen LogP contribution in [0.3, 0.4) is 0 Å². The van der Waals surface area contributed by atoms with Crippen molar-refractivity contribution in [2.24, 2.45) is 0 Å². The number of rotatable bonds is 7. The lowest BCUT2D eigenvalue weighted by molar-refractivity contribution is -0.139. The minimum Gasteiger partial charge on any atom is -0.480 e. The number of nitrogens with zero attached hydrogens (tertiary/aromatic N) is 3. The Balaban J connectivity index is 1.88. The summed E-state index contributed by atoms with van der Waals surface area (Å²) in [6.45, 7) is 2.48. The maximum absolute atomic E-state index is 11.3. The van der Waals surface area contributed by atoms with Gasteiger partial charge in [0.2, 0.25) is 0 Å². The molecule has 1 atom stereocenters. The first-order chi connectivity index (χ1) is 9.65. The number of nitrogens with one attached hydrogen (secondary N) is 2. The van der Waals surface area contributed by atoms with Crippen LogP contribution in [0.5, 0.6) is 0 Å². The number of aliphatic carboxylic acids is 1. The number of tetrazole rings is 1. The molecule has 0 fully saturated rings. The Bertz CT molecular complexity index is 556. The van der Waals surface area contributed by atoms with Crippen molar-refractivity contribution in [2.45, 2.75) is 25.8 Å². The predicted octanol–water partition coefficient (Wildman–Crippen LogP) is 0.336. The number of carbonyl (C=O) groups is 1. The average molecular weight is 275 g/mol. The summed E-state index contributed by atoms with van der Waals surface area (Å²) in [6, 6.07) is 7.23. The van der Waals surface area contributed by atoms with E-state index in [1.54, 1.807) is 0 Å². The molecule has 7 heteroatoms. The summed E-state index contributed by atoms with van der Waals surface area (Å²) in [5.74, 6) is -0.295. The lowest BCUT2D eigenvalue weighted by Gasteiger charge is -2.14. The average Bonchev–Trinajstić information content (AvgIpc) is 2.90. The molecule has 3 N–H and O–H groups in total. The van der Waals surface area contributed by atoms with E-state index in [4.69, 9.17) is 0 Å². The van der Waals surface area contributed by atoms with Crippen molar-refractivity contribution < 1.29 is 9.90 Å². The van der Waals surface area contributed by atoms with E-state index >= 15 is 0 Å². The topological polar surface area (TPSA) is 104 Å². The van der Waals surface area contributed by atoms with E-state index in [-0.39, 0.29) is 0 Å². The largest absolute Gasteiger partial charge is 0.480 e. The van der Waals surface area contributed by atoms with Crippen molar-refractivity contribution >= 4 is 5.97 Å². The first-order valence-electron chi connectivity index (χ1n) is 6.39. The number of hydrogen-bond donors (Lipinski definition) is 3. The molecule has 0 aliphatic carbocycles. The van der Waals surface area contributed by atoms with Gasteiger partial charge in [0.1, 0.15) is 6.04 Å². The molecule has 0 amide bonds. The van der Waals surface area contributed by atoms with Crippen LogP contribution in [-0.4, -0.2) is 44.3 Å². The summed E-state index contributed by atoms with van der Waals surface area (Å²) in [6.07, 6.45) is 0.983. The van der Waals surface area contributed by atoms with Gasteiger partial charge < -0.3 is 10.4 Å². The van der Waals surface area contributed by atoms with Crippen molar-refractivity contribution in [1.29, 1.82) is 0 Å². The van der Waals surface area contributed by atoms with Gasteiger partial charge in [0, 0.05) is 13.0 Å². The number of hydrogen-bond acceptors (Lipinski definition) is 5. The second kappa shape index (κ2) is 6.76. The van der Waals surface area contributed by atoms with Crippen LogP contribution in [0.4, 0.5) is 0 Å². The van der Waals surface area contributed by atoms with E-state index in [1.165, 1.54) is 0 Å². The lowest BCUT2D eigenvalue weighted by atomic mass is 10.0. The van der Waals surface area contributed by atoms with Gasteiger partial charge in [0.25, 0.3) is 0 Å². The van der Waals surface area contributed by atoms with E-state index in [9.17, 15) is 9.90 Å². The molecular weight excluding hydrogens is 258 g/mol. The quantitative estimate of drug-likeness (QED) is 0.673. The van der Waals surface area contributed by atoms with E-state index < -0.39 is 12.0 Å². The molecule has 20 heavy (non-hydrogen) atoms. The van der Waals surface area contributed by atoms with Crippen molar-refractivity contribution in [3.05, 3.63) is 41.2 Å². The first-order valence-corrected chi connectivity index (χ1v) is 6.39. The van der Waals surface area contributed by atoms with Crippen molar-refractivity contribution in [3.8, 4) is 0 Å². The maximum atomic E-state index is 11.3. The molecule has 106 valence electrons. The Morgan fingerprint density at radius 3 is 3.00 bits per heavy atom. The van der Waals surface area contributed by atoms with E-state index in [0.29, 0.717) is 25.2 Å². The molecule has 0 saturated carbocycles. The van der Waals surface area contributed by atoms with Crippen LogP contribution in [0.15, 0.2) is 24.3 Å². The first kappa shape index (κ1) is 14.1. The fourth-order valence-corrected chi connectivity index (χ4v) is 1.97. The SMILES string of the molecule is Cc1cccc(C[C@H](NCCc2nn[nH]n2)C(=O)O)c1. The third-order valence-electron chi connectivity index (χ3n) is 2.95. The highest BCUT2D eigenvalue weighted by Gasteiger charge is 2.17. The van der Waals surface area contributed by atoms with Gasteiger partial charge in [-0.25, -0.2) is 0 Å². The molecule has 0 aliphatic heterocycles. The second-order valence-corrected chi connectivity index (χ2v) is 4.62. The summed E-state index contributed by atoms with van der Waals surface area (Å²) in [5.41, 5.74) is 2.13. The van der Waals surface area contributed by atoms with Crippen molar-refractivity contribution in [3.63, 3.8) is 0 Å². The molecule has 0 spiro atoms. The molecule has 1 aromatic carbocycles. The molecule has 1 heterocycles. The fourth-order valence-electron chi connectivity index (χ4n) is 1.97. The van der Waals surface area contributed by atoms with Gasteiger partial charge in [-0.1, -0.05) is 35.0 Å². The molecule has 0 bridgehead atoms. The van der Waals surface area contributed by atoms with Crippen LogP contribution in [0.25, 0.3) is 0 Å². The Kier molecular flexibility index (Phi) is 4.78. The molecule has 0 aliphatic rings. The molecule has 2 rings (SSSR count). The number of carboxylic acids is 1. The molecule has 0 unspecified atom stereocenters. The third kappa shape index (κ3) is 4.13. The van der Waals surface area contributed by atoms with Crippen LogP contribution >= 0.6 is 0 Å². The van der Waals surface area contributed by atoms with Gasteiger partial charge in [-0.2, -0.15) is 5.21 Å². The van der Waals surface area contributed by atoms with Gasteiger partial charge in [0.15, 0.2) is 5.82 Å². The van der Waals surface area contributed by atoms with Crippen LogP contribution in [0, 0.1) is 6.92 Å². The van der Waals surface area contributed by atoms with Crippen LogP contribution in [0.2, 0.25) is 0 Å². The van der Waals surface area contributed by atoms with E-state index in [1.807, 2.05) is 31.2 Å². The van der Waals surface area contributed by atoms with Gasteiger partial charge in [-0.15, -0.1) is 10.2 Å². The van der Waals surface area contributed by atoms with Gasteiger partial charge in [-0.3, -0.25) is 4.79 Å². The maximum Gasteiger partial charge on any atom is 0.321 e. The zero-order valence-corrected chi connectivity index (χ0v) is 11.2. The normalized spacial score (nSPS) is 12.2. The van der Waals surface area contributed by atoms with E-state index in [0.717, 1.165) is 11.1 Å². The number of H-pyrrole nitrogens is 1. The zero-order chi connectivity index (χ0) is 14.4. The smallest absolute Gasteiger partial charge is 0.321 e. The summed E-state index contributed by atoms with van der Waals surface area (Å²) in [7, 11) is 0. The third-order valence-corrected chi connectivity index (χ3v) is 2.95. The zero-order valence-electron chi connectivity index (χ0n) is 11.2. The number of carboxylic acid groups (broad SMARTS) is 1. The molecule has 2 aromatic rings. The highest BCUT2D eigenvalue weighted by molar-refractivity contribution is 5.73. The summed E-state index contributed by atoms with van der Waals surface area (Å²) < 4.78 is 0. The van der Waals surface area contributed by atoms with Gasteiger partial charge >= 0.3 is 5.97 Å². The van der Waals surface area contributed by atoms with Crippen LogP contribution in [-0.2, 0) is 17.6 Å². The van der Waals surface area contributed by atoms with E-state index in [2.05, 4.69) is 25.9 Å². The van der Waals surface area contributed by atoms with Gasteiger partial charge in [-0.05, 0) is 18.9 Å². The lowest BCUT2D eigenvalue weighted by Crippen LogP contribution is -2.39. The molecular formula is C13H17N5O2. The molecule has 0 saturated heterocycles. The number of aryl methyl sites for hydroxylation is 1. The monoisotopic (exact) mass is 275 g/mol. The highest BCUT2D eigenvalue weighted by atomic mass is 16.4. The Morgan fingerprint density at radius 1 is 1.50 bits per heavy atom. The molecule has 7 nitrogen and oxygen atoms in total. The Labute approximate surface area is 116 Å². The summed E-state index contributed by atoms with van der Waals surface area (Å²) in [4.78, 5) is 11.3. The van der Waals surface area contributed by atoms with Crippen molar-refractivity contribution in [1.82, 2.24) is 25.9 Å². The Hall–Kier alpha value is -2.28. The number of benzene rings is 1. The predicted molar refractivity (Wildman–Crippen MR) is 72.2 cm³/mol. The Morgan fingerprint density at radius 2 is 2.35 bits per heavy atom. The van der Waals surface area contributed by atoms with Crippen molar-refractivity contribution in [2.75, 3.05) is 6.54 Å². The minimum absolute atomic E-state index is 0.448. The second-order valence-electron chi connectivity index (χ2n) is 4.62. The minimum atomic E-state index is -0.861. The van der Waals surface area contributed by atoms with Crippen LogP contribution in [0.1, 0.15) is 17.0 Å².